The van der Waals surface area contributed by atoms with Crippen LogP contribution in [0.25, 0.3) is 0 Å². The number of amides is 1. The highest BCUT2D eigenvalue weighted by atomic mass is 32.2. The third kappa shape index (κ3) is 21.0. The first-order valence-corrected chi connectivity index (χ1v) is 15.8. The normalized spacial score (nSPS) is 13.9. The summed E-state index contributed by atoms with van der Waals surface area (Å²) in [6, 6.07) is 0.232. The van der Waals surface area contributed by atoms with Crippen LogP contribution in [0.15, 0.2) is 11.6 Å². The van der Waals surface area contributed by atoms with Gasteiger partial charge in [-0.3, -0.25) is 0 Å². The Morgan fingerprint density at radius 3 is 2.06 bits per heavy atom. The first kappa shape index (κ1) is 32.1. The van der Waals surface area contributed by atoms with Crippen molar-refractivity contribution in [2.24, 2.45) is 0 Å². The van der Waals surface area contributed by atoms with Crippen LogP contribution in [-0.4, -0.2) is 49.3 Å². The second-order valence-corrected chi connectivity index (χ2v) is 10.8. The summed E-state index contributed by atoms with van der Waals surface area (Å²) >= 11 is 1.84. The molecule has 35 heavy (non-hydrogen) atoms. The zero-order chi connectivity index (χ0) is 25.2. The highest BCUT2D eigenvalue weighted by molar-refractivity contribution is 8.02. The summed E-state index contributed by atoms with van der Waals surface area (Å²) < 4.78 is 11.0. The number of carbonyl (C=O) groups is 1. The predicted molar refractivity (Wildman–Crippen MR) is 152 cm³/mol. The Kier molecular flexibility index (Phi) is 22.8. The van der Waals surface area contributed by atoms with E-state index < -0.39 is 0 Å². The van der Waals surface area contributed by atoms with Gasteiger partial charge in [-0.25, -0.2) is 4.79 Å². The number of nitrogens with zero attached hydrogens (tertiary/aromatic N) is 1. The lowest BCUT2D eigenvalue weighted by atomic mass is 10.0. The minimum Gasteiger partial charge on any atom is -0.449 e. The maximum Gasteiger partial charge on any atom is 0.407 e. The summed E-state index contributed by atoms with van der Waals surface area (Å²) in [6.45, 7) is 7.39. The van der Waals surface area contributed by atoms with Crippen LogP contribution >= 0.6 is 11.8 Å². The van der Waals surface area contributed by atoms with Crippen molar-refractivity contribution in [3.63, 3.8) is 0 Å². The molecule has 1 rings (SSSR count). The Labute approximate surface area is 221 Å². The van der Waals surface area contributed by atoms with Gasteiger partial charge in [-0.2, -0.15) is 0 Å². The Morgan fingerprint density at radius 1 is 0.829 bits per heavy atom. The molecule has 0 saturated heterocycles. The predicted octanol–water partition coefficient (Wildman–Crippen LogP) is 8.64. The van der Waals surface area contributed by atoms with Crippen LogP contribution in [0.1, 0.15) is 129 Å². The number of thioether (sulfide) groups is 1. The van der Waals surface area contributed by atoms with Gasteiger partial charge < -0.3 is 19.7 Å². The SMILES string of the molecule is CCCCCCCCCCCCCCCC(CC)NC(=O)OCCCOCCCCN1C=CSC1. The average Bonchev–Trinajstić information content (AvgIpc) is 3.38. The number of hydrogen-bond donors (Lipinski definition) is 1. The molecule has 1 N–H and O–H groups in total. The highest BCUT2D eigenvalue weighted by Crippen LogP contribution is 2.15. The van der Waals surface area contributed by atoms with E-state index in [1.807, 2.05) is 11.8 Å². The van der Waals surface area contributed by atoms with Gasteiger partial charge in [-0.1, -0.05) is 97.3 Å². The van der Waals surface area contributed by atoms with Crippen LogP contribution < -0.4 is 5.32 Å². The number of nitrogens with one attached hydrogen (secondary N) is 1. The summed E-state index contributed by atoms with van der Waals surface area (Å²) in [7, 11) is 0. The number of hydrogen-bond acceptors (Lipinski definition) is 5. The summed E-state index contributed by atoms with van der Waals surface area (Å²) in [5, 5.41) is 5.19. The summed E-state index contributed by atoms with van der Waals surface area (Å²) in [5.74, 6) is 1.08. The molecule has 1 heterocycles. The third-order valence-corrected chi connectivity index (χ3v) is 7.52. The van der Waals surface area contributed by atoms with Crippen molar-refractivity contribution in [2.45, 2.75) is 135 Å². The van der Waals surface area contributed by atoms with Gasteiger partial charge >= 0.3 is 6.09 Å². The van der Waals surface area contributed by atoms with Crippen molar-refractivity contribution < 1.29 is 14.3 Å². The largest absolute Gasteiger partial charge is 0.449 e. The van der Waals surface area contributed by atoms with Gasteiger partial charge in [0.25, 0.3) is 0 Å². The maximum absolute atomic E-state index is 12.1. The van der Waals surface area contributed by atoms with Gasteiger partial charge in [-0.15, -0.1) is 11.8 Å². The molecule has 0 aromatic carbocycles. The second kappa shape index (κ2) is 24.8. The van der Waals surface area contributed by atoms with Crippen molar-refractivity contribution in [3.05, 3.63) is 11.6 Å². The third-order valence-electron chi connectivity index (χ3n) is 6.73. The lowest BCUT2D eigenvalue weighted by molar-refractivity contribution is 0.0966. The molecule has 0 spiro atoms. The number of rotatable bonds is 25. The van der Waals surface area contributed by atoms with E-state index in [0.717, 1.165) is 51.1 Å². The first-order valence-electron chi connectivity index (χ1n) is 14.8. The molecule has 0 radical (unpaired) electrons. The number of ether oxygens (including phenoxy) is 2. The molecule has 6 heteroatoms. The molecule has 1 atom stereocenters. The van der Waals surface area contributed by atoms with E-state index in [1.165, 1.54) is 83.5 Å². The van der Waals surface area contributed by atoms with E-state index in [9.17, 15) is 4.79 Å². The molecule has 206 valence electrons. The van der Waals surface area contributed by atoms with Gasteiger partial charge in [0.15, 0.2) is 0 Å². The molecule has 1 amide bonds. The molecule has 5 nitrogen and oxygen atoms in total. The van der Waals surface area contributed by atoms with Crippen LogP contribution in [0.4, 0.5) is 4.79 Å². The van der Waals surface area contributed by atoms with Gasteiger partial charge in [0.05, 0.1) is 12.5 Å². The van der Waals surface area contributed by atoms with E-state index in [0.29, 0.717) is 13.2 Å². The Morgan fingerprint density at radius 2 is 1.46 bits per heavy atom. The van der Waals surface area contributed by atoms with Gasteiger partial charge in [-0.05, 0) is 31.1 Å². The maximum atomic E-state index is 12.1. The fourth-order valence-electron chi connectivity index (χ4n) is 4.39. The highest BCUT2D eigenvalue weighted by Gasteiger charge is 2.11. The Bertz CT molecular complexity index is 504. The molecule has 0 aromatic heterocycles. The van der Waals surface area contributed by atoms with Crippen LogP contribution in [0.5, 0.6) is 0 Å². The molecule has 0 aliphatic carbocycles. The lowest BCUT2D eigenvalue weighted by Gasteiger charge is -2.17. The first-order chi connectivity index (χ1) is 17.3. The molecular weight excluding hydrogens is 456 g/mol. The van der Waals surface area contributed by atoms with Crippen LogP contribution in [0.2, 0.25) is 0 Å². The standard InChI is InChI=1S/C29H56N2O3S/c1-3-5-6-7-8-9-10-11-12-13-14-15-16-20-28(4-2)30-29(32)34-25-19-24-33-23-18-17-21-31-22-26-35-27-31/h22,26,28H,3-21,23-25,27H2,1-2H3,(H,30,32). The molecular formula is C29H56N2O3S. The lowest BCUT2D eigenvalue weighted by Crippen LogP contribution is -2.35. The van der Waals surface area contributed by atoms with Crippen LogP contribution in [-0.2, 0) is 9.47 Å². The van der Waals surface area contributed by atoms with Crippen molar-refractivity contribution in [3.8, 4) is 0 Å². The minimum atomic E-state index is -0.275. The fraction of sp³-hybridized carbons (Fsp3) is 0.897. The molecule has 1 aliphatic heterocycles. The molecule has 0 saturated carbocycles. The average molecular weight is 513 g/mol. The van der Waals surface area contributed by atoms with E-state index in [-0.39, 0.29) is 12.1 Å². The second-order valence-electron chi connectivity index (χ2n) is 9.98. The van der Waals surface area contributed by atoms with Crippen molar-refractivity contribution in [1.29, 1.82) is 0 Å². The summed E-state index contributed by atoms with van der Waals surface area (Å²) in [6.07, 6.45) is 24.7. The minimum absolute atomic E-state index is 0.232. The molecule has 0 fully saturated rings. The molecule has 1 aliphatic rings. The zero-order valence-electron chi connectivity index (χ0n) is 23.1. The van der Waals surface area contributed by atoms with E-state index in [4.69, 9.17) is 9.47 Å². The molecule has 0 bridgehead atoms. The van der Waals surface area contributed by atoms with Gasteiger partial charge in [0.2, 0.25) is 0 Å². The monoisotopic (exact) mass is 512 g/mol. The summed E-state index contributed by atoms with van der Waals surface area (Å²) in [4.78, 5) is 14.4. The van der Waals surface area contributed by atoms with Gasteiger partial charge in [0, 0.05) is 38.4 Å². The Hall–Kier alpha value is -0.880. The smallest absolute Gasteiger partial charge is 0.407 e. The number of unbranched alkanes of at least 4 members (excludes halogenated alkanes) is 13. The van der Waals surface area contributed by atoms with Crippen molar-refractivity contribution >= 4 is 17.9 Å². The van der Waals surface area contributed by atoms with Gasteiger partial charge in [0.1, 0.15) is 0 Å². The number of carbonyl (C=O) groups excluding carboxylic acids is 1. The van der Waals surface area contributed by atoms with E-state index in [2.05, 4.69) is 35.7 Å². The topological polar surface area (TPSA) is 50.8 Å². The molecule has 0 aromatic rings. The fourth-order valence-corrected chi connectivity index (χ4v) is 5.14. The zero-order valence-corrected chi connectivity index (χ0v) is 23.9. The quantitative estimate of drug-likeness (QED) is 0.124. The van der Waals surface area contributed by atoms with Crippen LogP contribution in [0, 0.1) is 0 Å². The summed E-state index contributed by atoms with van der Waals surface area (Å²) in [5.41, 5.74) is 0. The number of alkyl carbamates (subject to hydrolysis) is 1. The van der Waals surface area contributed by atoms with E-state index in [1.54, 1.807) is 0 Å². The molecule has 1 unspecified atom stereocenters. The Balaban J connectivity index is 1.83. The van der Waals surface area contributed by atoms with E-state index >= 15 is 0 Å². The van der Waals surface area contributed by atoms with Crippen LogP contribution in [0.3, 0.4) is 0 Å². The van der Waals surface area contributed by atoms with Crippen molar-refractivity contribution in [2.75, 3.05) is 32.2 Å². The van der Waals surface area contributed by atoms with Crippen molar-refractivity contribution in [1.82, 2.24) is 10.2 Å².